The number of nitrogens with zero attached hydrogens (tertiary/aromatic N) is 3. The first-order valence-corrected chi connectivity index (χ1v) is 14.2. The summed E-state index contributed by atoms with van der Waals surface area (Å²) in [5.41, 5.74) is 5.52. The van der Waals surface area contributed by atoms with Gasteiger partial charge in [-0.25, -0.2) is 19.7 Å². The van der Waals surface area contributed by atoms with Crippen molar-refractivity contribution in [2.24, 2.45) is 0 Å². The number of carbonyl (C=O) groups excluding carboxylic acids is 2. The molecular weight excluding hydrogens is 548 g/mol. The largest absolute Gasteiger partial charge is 0.497 e. The maximum Gasteiger partial charge on any atom is 0.338 e. The molecule has 1 N–H and O–H groups in total. The number of esters is 1. The SMILES string of the molecule is CCC(OC(=O)c1ccc2nc(-c3ccccc3)c(-c3ccccc3)nc2c1)C(=O)Nc1nc2ccc(OC)cc2s1. The van der Waals surface area contributed by atoms with Crippen LogP contribution in [-0.2, 0) is 9.53 Å². The fourth-order valence-corrected chi connectivity index (χ4v) is 5.46. The quantitative estimate of drug-likeness (QED) is 0.192. The van der Waals surface area contributed by atoms with E-state index < -0.39 is 18.0 Å². The summed E-state index contributed by atoms with van der Waals surface area (Å²) in [5.74, 6) is -0.365. The maximum atomic E-state index is 13.2. The first kappa shape index (κ1) is 27.0. The minimum atomic E-state index is -0.999. The number of rotatable bonds is 8. The lowest BCUT2D eigenvalue weighted by atomic mass is 10.0. The van der Waals surface area contributed by atoms with E-state index in [1.54, 1.807) is 32.2 Å². The summed E-state index contributed by atoms with van der Waals surface area (Å²) in [6, 6.07) is 30.2. The lowest BCUT2D eigenvalue weighted by molar-refractivity contribution is -0.124. The van der Waals surface area contributed by atoms with Gasteiger partial charge in [-0.15, -0.1) is 0 Å². The van der Waals surface area contributed by atoms with Crippen LogP contribution in [0.15, 0.2) is 97.1 Å². The highest BCUT2D eigenvalue weighted by Crippen LogP contribution is 2.32. The molecule has 0 aliphatic rings. The number of aromatic nitrogens is 3. The number of hydrogen-bond donors (Lipinski definition) is 1. The van der Waals surface area contributed by atoms with Gasteiger partial charge in [0.05, 0.1) is 45.3 Å². The Bertz CT molecular complexity index is 1910. The third-order valence-electron chi connectivity index (χ3n) is 6.73. The molecule has 4 aromatic carbocycles. The lowest BCUT2D eigenvalue weighted by Gasteiger charge is -2.15. The van der Waals surface area contributed by atoms with Gasteiger partial charge in [0, 0.05) is 11.1 Å². The van der Waals surface area contributed by atoms with E-state index in [4.69, 9.17) is 19.4 Å². The number of anilines is 1. The average Bonchev–Trinajstić information content (AvgIpc) is 3.44. The fraction of sp³-hybridized carbons (Fsp3) is 0.121. The normalized spacial score (nSPS) is 11.8. The van der Waals surface area contributed by atoms with Crippen LogP contribution in [-0.4, -0.2) is 40.0 Å². The first-order valence-electron chi connectivity index (χ1n) is 13.4. The van der Waals surface area contributed by atoms with E-state index in [1.807, 2.05) is 78.9 Å². The van der Waals surface area contributed by atoms with Gasteiger partial charge >= 0.3 is 5.97 Å². The first-order chi connectivity index (χ1) is 20.5. The van der Waals surface area contributed by atoms with Crippen molar-refractivity contribution in [2.75, 3.05) is 12.4 Å². The number of thiazole rings is 1. The molecule has 208 valence electrons. The molecule has 0 saturated heterocycles. The molecule has 42 heavy (non-hydrogen) atoms. The van der Waals surface area contributed by atoms with Crippen LogP contribution in [0.1, 0.15) is 23.7 Å². The number of benzene rings is 4. The van der Waals surface area contributed by atoms with Crippen LogP contribution in [0.3, 0.4) is 0 Å². The molecule has 0 bridgehead atoms. The number of amides is 1. The highest BCUT2D eigenvalue weighted by molar-refractivity contribution is 7.22. The molecule has 1 amide bonds. The Balaban J connectivity index is 1.25. The number of ether oxygens (including phenoxy) is 2. The molecule has 0 fully saturated rings. The van der Waals surface area contributed by atoms with Crippen molar-refractivity contribution in [1.29, 1.82) is 0 Å². The van der Waals surface area contributed by atoms with Gasteiger partial charge in [0.15, 0.2) is 11.2 Å². The van der Waals surface area contributed by atoms with Gasteiger partial charge in [-0.3, -0.25) is 10.1 Å². The van der Waals surface area contributed by atoms with Crippen LogP contribution in [0.5, 0.6) is 5.75 Å². The Morgan fingerprint density at radius 2 is 1.43 bits per heavy atom. The molecular formula is C33H26N4O4S. The monoisotopic (exact) mass is 574 g/mol. The molecule has 1 atom stereocenters. The van der Waals surface area contributed by atoms with E-state index >= 15 is 0 Å². The molecule has 1 unspecified atom stereocenters. The van der Waals surface area contributed by atoms with Crippen LogP contribution >= 0.6 is 11.3 Å². The molecule has 8 nitrogen and oxygen atoms in total. The predicted molar refractivity (Wildman–Crippen MR) is 165 cm³/mol. The third kappa shape index (κ3) is 5.55. The molecule has 0 aliphatic carbocycles. The summed E-state index contributed by atoms with van der Waals surface area (Å²) in [6.07, 6.45) is -0.705. The van der Waals surface area contributed by atoms with E-state index in [2.05, 4.69) is 10.3 Å². The van der Waals surface area contributed by atoms with Crippen molar-refractivity contribution in [3.63, 3.8) is 0 Å². The van der Waals surface area contributed by atoms with E-state index in [0.717, 1.165) is 27.0 Å². The lowest BCUT2D eigenvalue weighted by Crippen LogP contribution is -2.32. The zero-order valence-electron chi connectivity index (χ0n) is 22.9. The minimum absolute atomic E-state index is 0.279. The van der Waals surface area contributed by atoms with Gasteiger partial charge < -0.3 is 9.47 Å². The van der Waals surface area contributed by atoms with E-state index in [-0.39, 0.29) is 5.56 Å². The number of carbonyl (C=O) groups is 2. The number of methoxy groups -OCH3 is 1. The topological polar surface area (TPSA) is 103 Å². The van der Waals surface area contributed by atoms with Crippen LogP contribution in [0.4, 0.5) is 5.13 Å². The molecule has 0 spiro atoms. The van der Waals surface area contributed by atoms with Gasteiger partial charge in [-0.2, -0.15) is 0 Å². The van der Waals surface area contributed by atoms with E-state index in [0.29, 0.717) is 34.0 Å². The highest BCUT2D eigenvalue weighted by atomic mass is 32.1. The Morgan fingerprint density at radius 3 is 2.07 bits per heavy atom. The fourth-order valence-electron chi connectivity index (χ4n) is 4.57. The molecule has 0 saturated carbocycles. The van der Waals surface area contributed by atoms with Crippen LogP contribution < -0.4 is 10.1 Å². The van der Waals surface area contributed by atoms with Crippen molar-refractivity contribution in [1.82, 2.24) is 15.0 Å². The van der Waals surface area contributed by atoms with Crippen molar-refractivity contribution >= 4 is 49.6 Å². The van der Waals surface area contributed by atoms with E-state index in [9.17, 15) is 9.59 Å². The third-order valence-corrected chi connectivity index (χ3v) is 7.67. The second kappa shape index (κ2) is 11.8. The van der Waals surface area contributed by atoms with Gasteiger partial charge in [0.2, 0.25) is 0 Å². The highest BCUT2D eigenvalue weighted by Gasteiger charge is 2.24. The van der Waals surface area contributed by atoms with Crippen LogP contribution in [0.2, 0.25) is 0 Å². The Morgan fingerprint density at radius 1 is 0.786 bits per heavy atom. The molecule has 0 aliphatic heterocycles. The van der Waals surface area contributed by atoms with Crippen LogP contribution in [0, 0.1) is 0 Å². The van der Waals surface area contributed by atoms with Crippen molar-refractivity contribution in [2.45, 2.75) is 19.4 Å². The molecule has 2 aromatic heterocycles. The summed E-state index contributed by atoms with van der Waals surface area (Å²) >= 11 is 1.32. The zero-order chi connectivity index (χ0) is 29.1. The Hall–Kier alpha value is -5.15. The van der Waals surface area contributed by atoms with Gasteiger partial charge in [0.25, 0.3) is 5.91 Å². The van der Waals surface area contributed by atoms with Gasteiger partial charge in [-0.05, 0) is 42.8 Å². The van der Waals surface area contributed by atoms with Gasteiger partial charge in [0.1, 0.15) is 5.75 Å². The molecule has 9 heteroatoms. The summed E-state index contributed by atoms with van der Waals surface area (Å²) < 4.78 is 11.8. The van der Waals surface area contributed by atoms with Gasteiger partial charge in [-0.1, -0.05) is 78.9 Å². The zero-order valence-corrected chi connectivity index (χ0v) is 23.7. The number of nitrogens with one attached hydrogen (secondary N) is 1. The maximum absolute atomic E-state index is 13.2. The summed E-state index contributed by atoms with van der Waals surface area (Å²) in [7, 11) is 1.59. The standard InChI is InChI=1S/C33H26N4O4S/c1-3-27(31(38)37-33-36-25-17-15-23(40-2)19-28(25)42-33)41-32(39)22-14-16-24-26(18-22)35-30(21-12-8-5-9-13-21)29(34-24)20-10-6-4-7-11-20/h4-19,27H,3H2,1-2H3,(H,36,37,38). The second-order valence-corrected chi connectivity index (χ2v) is 10.5. The molecule has 6 aromatic rings. The Labute approximate surface area is 246 Å². The smallest absolute Gasteiger partial charge is 0.338 e. The second-order valence-electron chi connectivity index (χ2n) is 9.50. The predicted octanol–water partition coefficient (Wildman–Crippen LogP) is 7.16. The summed E-state index contributed by atoms with van der Waals surface area (Å²) in [5, 5.41) is 3.20. The molecule has 6 rings (SSSR count). The van der Waals surface area contributed by atoms with Crippen molar-refractivity contribution in [3.8, 4) is 28.3 Å². The molecule has 0 radical (unpaired) electrons. The van der Waals surface area contributed by atoms with E-state index in [1.165, 1.54) is 11.3 Å². The minimum Gasteiger partial charge on any atom is -0.497 e. The van der Waals surface area contributed by atoms with Crippen LogP contribution in [0.25, 0.3) is 43.8 Å². The number of fused-ring (bicyclic) bond motifs is 2. The summed E-state index contributed by atoms with van der Waals surface area (Å²) in [6.45, 7) is 1.78. The summed E-state index contributed by atoms with van der Waals surface area (Å²) in [4.78, 5) is 40.5. The average molecular weight is 575 g/mol. The van der Waals surface area contributed by atoms with Crippen molar-refractivity contribution in [3.05, 3.63) is 103 Å². The van der Waals surface area contributed by atoms with Crippen molar-refractivity contribution < 1.29 is 19.1 Å². The Kier molecular flexibility index (Phi) is 7.57. The molecule has 2 heterocycles. The number of hydrogen-bond acceptors (Lipinski definition) is 8.